The first kappa shape index (κ1) is 15.9. The number of nitrogens with zero attached hydrogens (tertiary/aromatic N) is 2. The topological polar surface area (TPSA) is 104 Å². The monoisotopic (exact) mass is 318 g/mol. The molecule has 2 N–H and O–H groups in total. The molecule has 0 atom stereocenters. The molecule has 1 aliphatic heterocycles. The second kappa shape index (κ2) is 6.99. The fraction of sp³-hybridized carbons (Fsp3) is 0.214. The van der Waals surface area contributed by atoms with Gasteiger partial charge in [0.1, 0.15) is 5.75 Å². The molecule has 8 heteroatoms. The van der Waals surface area contributed by atoms with Crippen LogP contribution in [0.5, 0.6) is 5.75 Å². The number of carbonyl (C=O) groups excluding carboxylic acids is 2. The van der Waals surface area contributed by atoms with Gasteiger partial charge in [-0.15, -0.1) is 0 Å². The Balaban J connectivity index is 2.21. The third-order valence-electron chi connectivity index (χ3n) is 2.69. The lowest BCUT2D eigenvalue weighted by Crippen LogP contribution is -2.43. The SMILES string of the molecule is CCOc1ccc(C(=O)N=C2C(=N)N=C(SC)NC2=O)cc1. The van der Waals surface area contributed by atoms with Crippen molar-refractivity contribution >= 4 is 40.3 Å². The number of ether oxygens (including phenoxy) is 1. The van der Waals surface area contributed by atoms with Crippen molar-refractivity contribution in [3.8, 4) is 5.75 Å². The number of thioether (sulfide) groups is 1. The summed E-state index contributed by atoms with van der Waals surface area (Å²) < 4.78 is 5.28. The van der Waals surface area contributed by atoms with Gasteiger partial charge in [0, 0.05) is 5.56 Å². The van der Waals surface area contributed by atoms with Crippen molar-refractivity contribution in [3.63, 3.8) is 0 Å². The van der Waals surface area contributed by atoms with E-state index >= 15 is 0 Å². The summed E-state index contributed by atoms with van der Waals surface area (Å²) in [5, 5.41) is 10.5. The van der Waals surface area contributed by atoms with Gasteiger partial charge in [-0.1, -0.05) is 11.8 Å². The first-order valence-electron chi connectivity index (χ1n) is 6.44. The molecular weight excluding hydrogens is 304 g/mol. The van der Waals surface area contributed by atoms with Crippen molar-refractivity contribution in [2.75, 3.05) is 12.9 Å². The zero-order valence-electron chi connectivity index (χ0n) is 12.0. The Morgan fingerprint density at radius 1 is 1.41 bits per heavy atom. The van der Waals surface area contributed by atoms with Crippen LogP contribution in [-0.4, -0.2) is 41.4 Å². The zero-order valence-corrected chi connectivity index (χ0v) is 12.9. The van der Waals surface area contributed by atoms with Crippen molar-refractivity contribution < 1.29 is 14.3 Å². The molecule has 0 unspecified atom stereocenters. The van der Waals surface area contributed by atoms with Crippen LogP contribution in [0.3, 0.4) is 0 Å². The lowest BCUT2D eigenvalue weighted by Gasteiger charge is -2.13. The van der Waals surface area contributed by atoms with Crippen LogP contribution in [0.2, 0.25) is 0 Å². The Morgan fingerprint density at radius 2 is 2.09 bits per heavy atom. The predicted octanol–water partition coefficient (Wildman–Crippen LogP) is 1.49. The van der Waals surface area contributed by atoms with E-state index in [1.165, 1.54) is 11.8 Å². The van der Waals surface area contributed by atoms with Gasteiger partial charge in [0.15, 0.2) is 16.7 Å². The second-order valence-electron chi connectivity index (χ2n) is 4.15. The van der Waals surface area contributed by atoms with Crippen molar-refractivity contribution in [3.05, 3.63) is 29.8 Å². The highest BCUT2D eigenvalue weighted by Crippen LogP contribution is 2.13. The highest BCUT2D eigenvalue weighted by atomic mass is 32.2. The highest BCUT2D eigenvalue weighted by molar-refractivity contribution is 8.13. The minimum Gasteiger partial charge on any atom is -0.494 e. The first-order chi connectivity index (χ1) is 10.5. The quantitative estimate of drug-likeness (QED) is 0.881. The molecule has 2 amide bonds. The van der Waals surface area contributed by atoms with E-state index in [0.717, 1.165) is 0 Å². The number of hydrogen-bond acceptors (Lipinski definition) is 5. The predicted molar refractivity (Wildman–Crippen MR) is 86.2 cm³/mol. The fourth-order valence-electron chi connectivity index (χ4n) is 1.67. The van der Waals surface area contributed by atoms with Crippen LogP contribution in [0.1, 0.15) is 17.3 Å². The number of carbonyl (C=O) groups is 2. The largest absolute Gasteiger partial charge is 0.494 e. The summed E-state index contributed by atoms with van der Waals surface area (Å²) in [6, 6.07) is 6.40. The third-order valence-corrected chi connectivity index (χ3v) is 3.27. The van der Waals surface area contributed by atoms with E-state index in [4.69, 9.17) is 10.1 Å². The summed E-state index contributed by atoms with van der Waals surface area (Å²) in [7, 11) is 0. The average molecular weight is 318 g/mol. The molecule has 22 heavy (non-hydrogen) atoms. The van der Waals surface area contributed by atoms with Crippen LogP contribution in [0.25, 0.3) is 0 Å². The standard InChI is InChI=1S/C14H14N4O3S/c1-3-21-9-6-4-8(5-7-9)12(19)16-10-11(15)17-14(22-2)18-13(10)20/h4-7H,3H2,1-2H3,(H2,15,17,18,20). The number of aliphatic imine (C=N–C) groups is 2. The number of nitrogens with one attached hydrogen (secondary N) is 2. The summed E-state index contributed by atoms with van der Waals surface area (Å²) in [4.78, 5) is 31.4. The molecule has 0 saturated heterocycles. The van der Waals surface area contributed by atoms with Gasteiger partial charge in [0.2, 0.25) is 0 Å². The maximum absolute atomic E-state index is 12.1. The van der Waals surface area contributed by atoms with Gasteiger partial charge >= 0.3 is 0 Å². The number of hydrogen-bond donors (Lipinski definition) is 2. The molecule has 7 nitrogen and oxygen atoms in total. The van der Waals surface area contributed by atoms with Gasteiger partial charge in [-0.2, -0.15) is 4.99 Å². The molecule has 1 aromatic rings. The molecule has 0 saturated carbocycles. The Hall–Kier alpha value is -2.48. The van der Waals surface area contributed by atoms with E-state index in [1.807, 2.05) is 6.92 Å². The maximum atomic E-state index is 12.1. The van der Waals surface area contributed by atoms with E-state index in [1.54, 1.807) is 30.5 Å². The average Bonchev–Trinajstić information content (AvgIpc) is 2.51. The van der Waals surface area contributed by atoms with Gasteiger partial charge in [-0.3, -0.25) is 20.3 Å². The Kier molecular flexibility index (Phi) is 5.05. The maximum Gasteiger partial charge on any atom is 0.279 e. The number of rotatable bonds is 3. The van der Waals surface area contributed by atoms with Crippen LogP contribution >= 0.6 is 11.8 Å². The first-order valence-corrected chi connectivity index (χ1v) is 7.66. The summed E-state index contributed by atoms with van der Waals surface area (Å²) in [5.41, 5.74) is 0.00730. The molecule has 1 heterocycles. The van der Waals surface area contributed by atoms with Crippen molar-refractivity contribution in [2.45, 2.75) is 6.92 Å². The number of amides is 2. The van der Waals surface area contributed by atoms with Crippen LogP contribution < -0.4 is 10.1 Å². The molecule has 0 aromatic heterocycles. The minimum absolute atomic E-state index is 0.295. The number of amidine groups is 2. The van der Waals surface area contributed by atoms with Crippen LogP contribution in [-0.2, 0) is 4.79 Å². The van der Waals surface area contributed by atoms with Gasteiger partial charge in [-0.05, 0) is 37.4 Å². The van der Waals surface area contributed by atoms with Gasteiger partial charge in [0.05, 0.1) is 6.61 Å². The Morgan fingerprint density at radius 3 is 2.64 bits per heavy atom. The molecule has 0 bridgehead atoms. The summed E-state index contributed by atoms with van der Waals surface area (Å²) in [6.45, 7) is 2.39. The molecule has 1 aliphatic rings. The molecule has 114 valence electrons. The smallest absolute Gasteiger partial charge is 0.279 e. The molecule has 0 spiro atoms. The van der Waals surface area contributed by atoms with E-state index < -0.39 is 11.8 Å². The van der Waals surface area contributed by atoms with Crippen LogP contribution in [0, 0.1) is 5.41 Å². The van der Waals surface area contributed by atoms with E-state index in [0.29, 0.717) is 23.1 Å². The lowest BCUT2D eigenvalue weighted by molar-refractivity contribution is -0.113. The summed E-state index contributed by atoms with van der Waals surface area (Å²) >= 11 is 1.20. The van der Waals surface area contributed by atoms with E-state index in [9.17, 15) is 9.59 Å². The van der Waals surface area contributed by atoms with Crippen LogP contribution in [0.4, 0.5) is 0 Å². The normalized spacial score (nSPS) is 16.3. The summed E-state index contributed by atoms with van der Waals surface area (Å²) in [6.07, 6.45) is 1.72. The molecule has 0 radical (unpaired) electrons. The summed E-state index contributed by atoms with van der Waals surface area (Å²) in [5.74, 6) is -0.902. The molecule has 0 aliphatic carbocycles. The third kappa shape index (κ3) is 3.59. The van der Waals surface area contributed by atoms with E-state index in [2.05, 4.69) is 15.3 Å². The number of benzene rings is 1. The lowest BCUT2D eigenvalue weighted by atomic mass is 10.2. The highest BCUT2D eigenvalue weighted by Gasteiger charge is 2.25. The van der Waals surface area contributed by atoms with Gasteiger partial charge in [0.25, 0.3) is 11.8 Å². The fourth-order valence-corrected chi connectivity index (χ4v) is 2.05. The molecule has 2 rings (SSSR count). The van der Waals surface area contributed by atoms with E-state index in [-0.39, 0.29) is 11.5 Å². The Labute approximate surface area is 131 Å². The molecule has 1 aromatic carbocycles. The van der Waals surface area contributed by atoms with Gasteiger partial charge in [-0.25, -0.2) is 4.99 Å². The molecule has 0 fully saturated rings. The minimum atomic E-state index is -0.610. The van der Waals surface area contributed by atoms with Crippen molar-refractivity contribution in [1.82, 2.24) is 5.32 Å². The zero-order chi connectivity index (χ0) is 16.1. The molecular formula is C14H14N4O3S. The van der Waals surface area contributed by atoms with Crippen molar-refractivity contribution in [1.29, 1.82) is 5.41 Å². The van der Waals surface area contributed by atoms with Crippen LogP contribution in [0.15, 0.2) is 34.3 Å². The second-order valence-corrected chi connectivity index (χ2v) is 4.94. The van der Waals surface area contributed by atoms with Crippen molar-refractivity contribution in [2.24, 2.45) is 9.98 Å². The Bertz CT molecular complexity index is 680. The van der Waals surface area contributed by atoms with Gasteiger partial charge < -0.3 is 4.74 Å².